The highest BCUT2D eigenvalue weighted by atomic mass is 79.9. The highest BCUT2D eigenvalue weighted by Crippen LogP contribution is 2.35. The average Bonchev–Trinajstić information content (AvgIpc) is 3.67. The van der Waals surface area contributed by atoms with Crippen LogP contribution in [-0.2, 0) is 20.3 Å². The molecule has 0 spiro atoms. The van der Waals surface area contributed by atoms with Gasteiger partial charge < -0.3 is 24.8 Å². The molecule has 1 aromatic heterocycles. The third-order valence-corrected chi connectivity index (χ3v) is 8.36. The normalized spacial score (nSPS) is 19.8. The Kier molecular flexibility index (Phi) is 9.00. The lowest BCUT2D eigenvalue weighted by molar-refractivity contribution is -0.113. The van der Waals surface area contributed by atoms with Crippen molar-refractivity contribution in [1.82, 2.24) is 20.6 Å². The van der Waals surface area contributed by atoms with Gasteiger partial charge in [-0.05, 0) is 72.0 Å². The monoisotopic (exact) mass is 681 g/mol. The number of nitrogens with one attached hydrogen (secondary N) is 3. The van der Waals surface area contributed by atoms with Gasteiger partial charge in [0.2, 0.25) is 5.88 Å². The molecule has 0 saturated heterocycles. The molecular weight excluding hydrogens is 659 g/mol. The van der Waals surface area contributed by atoms with Crippen molar-refractivity contribution in [1.29, 1.82) is 0 Å². The summed E-state index contributed by atoms with van der Waals surface area (Å²) in [5.41, 5.74) is 4.12. The van der Waals surface area contributed by atoms with Gasteiger partial charge in [0.05, 0.1) is 34.4 Å². The lowest BCUT2D eigenvalue weighted by atomic mass is 10.0. The average molecular weight is 683 g/mol. The molecule has 11 nitrogen and oxygen atoms in total. The van der Waals surface area contributed by atoms with Crippen LogP contribution in [0.15, 0.2) is 63.6 Å². The number of amidine groups is 1. The Morgan fingerprint density at radius 2 is 2.05 bits per heavy atom. The number of anilines is 1. The Bertz CT molecular complexity index is 1520. The van der Waals surface area contributed by atoms with Gasteiger partial charge in [0.25, 0.3) is 11.8 Å². The van der Waals surface area contributed by atoms with Crippen LogP contribution >= 0.6 is 39.1 Å². The lowest BCUT2D eigenvalue weighted by Crippen LogP contribution is -2.40. The fourth-order valence-electron chi connectivity index (χ4n) is 4.63. The fourth-order valence-corrected chi connectivity index (χ4v) is 6.08. The largest absolute Gasteiger partial charge is 0.740 e. The number of pyridine rings is 1. The molecule has 216 valence electrons. The summed E-state index contributed by atoms with van der Waals surface area (Å²) in [7, 11) is 0. The summed E-state index contributed by atoms with van der Waals surface area (Å²) in [6, 6.07) is 6.44. The maximum Gasteiger partial charge on any atom is 0.253 e. The van der Waals surface area contributed by atoms with E-state index in [1.54, 1.807) is 24.4 Å². The molecule has 2 aliphatic heterocycles. The summed E-state index contributed by atoms with van der Waals surface area (Å²) in [6.45, 7) is 2.20. The summed E-state index contributed by atoms with van der Waals surface area (Å²) >= 11 is 13.2. The van der Waals surface area contributed by atoms with Crippen LogP contribution in [0.5, 0.6) is 0 Å². The van der Waals surface area contributed by atoms with Crippen LogP contribution in [0.2, 0.25) is 10.0 Å². The van der Waals surface area contributed by atoms with Crippen molar-refractivity contribution in [3.63, 3.8) is 0 Å². The third-order valence-electron chi connectivity index (χ3n) is 6.89. The Hall–Kier alpha value is -2.97. The van der Waals surface area contributed by atoms with Gasteiger partial charge in [-0.2, -0.15) is 5.10 Å². The highest BCUT2D eigenvalue weighted by Gasteiger charge is 2.36. The van der Waals surface area contributed by atoms with Crippen LogP contribution in [0, 0.1) is 5.92 Å². The molecule has 41 heavy (non-hydrogen) atoms. The molecule has 3 heterocycles. The molecule has 3 atom stereocenters. The van der Waals surface area contributed by atoms with Crippen molar-refractivity contribution in [2.75, 3.05) is 18.4 Å². The van der Waals surface area contributed by atoms with Crippen molar-refractivity contribution in [3.05, 3.63) is 79.8 Å². The zero-order valence-electron chi connectivity index (χ0n) is 21.5. The van der Waals surface area contributed by atoms with Gasteiger partial charge in [-0.15, -0.1) is 0 Å². The van der Waals surface area contributed by atoms with Gasteiger partial charge in [-0.3, -0.25) is 19.5 Å². The van der Waals surface area contributed by atoms with E-state index in [1.165, 1.54) is 23.1 Å². The maximum absolute atomic E-state index is 13.5. The van der Waals surface area contributed by atoms with Crippen LogP contribution in [0.3, 0.4) is 0 Å². The standard InChI is InChI=1S/C26H25BrCl2N6O5S/c1-13(14-4-5-14)32-26(37)17-9-16(28)10-19(27)22(17)33-25(36)15-6-7-21(40-41(38)39)35(12-15)24-18(11-31-34-24)23-20(29)3-2-8-30-23/h2-3,6-10,13-14,18,31H,4-5,11-12H2,1H3,(H,32,37)(H,33,36)(H,38,39)/p-1. The van der Waals surface area contributed by atoms with Crippen molar-refractivity contribution in [2.45, 2.75) is 31.7 Å². The van der Waals surface area contributed by atoms with E-state index in [-0.39, 0.29) is 41.2 Å². The molecule has 0 bridgehead atoms. The highest BCUT2D eigenvalue weighted by molar-refractivity contribution is 9.10. The smallest absolute Gasteiger partial charge is 0.253 e. The molecule has 1 fully saturated rings. The molecule has 3 aliphatic rings. The predicted octanol–water partition coefficient (Wildman–Crippen LogP) is 4.21. The van der Waals surface area contributed by atoms with Gasteiger partial charge in [-0.1, -0.05) is 23.2 Å². The van der Waals surface area contributed by atoms with Crippen LogP contribution in [0.1, 0.15) is 41.7 Å². The number of allylic oxidation sites excluding steroid dienone is 2. The van der Waals surface area contributed by atoms with Crippen LogP contribution in [-0.4, -0.2) is 55.4 Å². The predicted molar refractivity (Wildman–Crippen MR) is 158 cm³/mol. The molecule has 5 rings (SSSR count). The van der Waals surface area contributed by atoms with Crippen LogP contribution in [0.4, 0.5) is 5.69 Å². The Labute approximate surface area is 257 Å². The minimum Gasteiger partial charge on any atom is -0.740 e. The van der Waals surface area contributed by atoms with E-state index in [0.717, 1.165) is 12.8 Å². The minimum atomic E-state index is -2.89. The molecule has 1 aliphatic carbocycles. The molecule has 3 unspecified atom stereocenters. The van der Waals surface area contributed by atoms with Crippen molar-refractivity contribution < 1.29 is 22.5 Å². The van der Waals surface area contributed by atoms with Crippen molar-refractivity contribution in [2.24, 2.45) is 11.0 Å². The topological polar surface area (TPSA) is 148 Å². The molecule has 2 amide bonds. The number of hydrazone groups is 1. The number of carbonyl (C=O) groups is 2. The first-order valence-corrected chi connectivity index (χ1v) is 15.1. The second-order valence-corrected chi connectivity index (χ2v) is 12.0. The van der Waals surface area contributed by atoms with E-state index in [2.05, 4.69) is 42.1 Å². The van der Waals surface area contributed by atoms with Crippen LogP contribution in [0.25, 0.3) is 0 Å². The van der Waals surface area contributed by atoms with Crippen LogP contribution < -0.4 is 16.1 Å². The molecule has 1 saturated carbocycles. The number of aromatic nitrogens is 1. The number of nitrogens with zero attached hydrogens (tertiary/aromatic N) is 3. The first-order valence-electron chi connectivity index (χ1n) is 12.6. The second-order valence-electron chi connectivity index (χ2n) is 9.69. The first kappa shape index (κ1) is 29.5. The second kappa shape index (κ2) is 12.5. The number of carbonyl (C=O) groups excluding carboxylic acids is 2. The zero-order chi connectivity index (χ0) is 29.3. The Morgan fingerprint density at radius 3 is 2.76 bits per heavy atom. The molecule has 2 aromatic rings. The summed E-state index contributed by atoms with van der Waals surface area (Å²) < 4.78 is 28.3. The van der Waals surface area contributed by atoms with Gasteiger partial charge in [0.15, 0.2) is 0 Å². The number of hydrogen-bond donors (Lipinski definition) is 3. The lowest BCUT2D eigenvalue weighted by Gasteiger charge is -2.31. The quantitative estimate of drug-likeness (QED) is 0.351. The molecular formula is C26H24BrCl2N6O5S-. The van der Waals surface area contributed by atoms with E-state index in [4.69, 9.17) is 27.4 Å². The minimum absolute atomic E-state index is 0.0186. The first-order chi connectivity index (χ1) is 19.6. The number of halogens is 3. The van der Waals surface area contributed by atoms with Crippen molar-refractivity contribution in [3.8, 4) is 0 Å². The summed E-state index contributed by atoms with van der Waals surface area (Å²) in [4.78, 5) is 32.5. The maximum atomic E-state index is 13.5. The van der Waals surface area contributed by atoms with E-state index in [9.17, 15) is 18.4 Å². The van der Waals surface area contributed by atoms with Gasteiger partial charge >= 0.3 is 0 Å². The number of hydrogen-bond acceptors (Lipinski definition) is 9. The number of rotatable bonds is 8. The van der Waals surface area contributed by atoms with Gasteiger partial charge in [0, 0.05) is 39.9 Å². The summed E-state index contributed by atoms with van der Waals surface area (Å²) in [5, 5.41) is 10.9. The molecule has 15 heteroatoms. The fraction of sp³-hybridized carbons (Fsp3) is 0.308. The Balaban J connectivity index is 1.41. The number of amides is 2. The number of benzene rings is 1. The molecule has 3 N–H and O–H groups in total. The zero-order valence-corrected chi connectivity index (χ0v) is 25.4. The van der Waals surface area contributed by atoms with E-state index >= 15 is 0 Å². The van der Waals surface area contributed by atoms with Crippen molar-refractivity contribution >= 4 is 73.8 Å². The molecule has 1 aromatic carbocycles. The van der Waals surface area contributed by atoms with Gasteiger partial charge in [0.1, 0.15) is 17.2 Å². The SMILES string of the molecule is CC(NC(=O)c1cc(Cl)cc(Br)c1NC(=O)C1=CC=C(OS(=O)[O-])N(C2=NNCC2c2ncccc2Cl)C1)C1CC1. The van der Waals surface area contributed by atoms with Gasteiger partial charge in [-0.25, -0.2) is 4.21 Å². The summed E-state index contributed by atoms with van der Waals surface area (Å²) in [6.07, 6.45) is 6.51. The third kappa shape index (κ3) is 6.75. The Morgan fingerprint density at radius 1 is 1.27 bits per heavy atom. The molecule has 0 radical (unpaired) electrons. The van der Waals surface area contributed by atoms with E-state index in [0.29, 0.717) is 38.5 Å². The summed E-state index contributed by atoms with van der Waals surface area (Å²) in [5.74, 6) is -0.606. The van der Waals surface area contributed by atoms with E-state index < -0.39 is 23.2 Å². The van der Waals surface area contributed by atoms with E-state index in [1.807, 2.05) is 6.92 Å².